The van der Waals surface area contributed by atoms with E-state index in [2.05, 4.69) is 10.7 Å². The van der Waals surface area contributed by atoms with Crippen LogP contribution in [0.3, 0.4) is 0 Å². The number of hydrogen-bond donors (Lipinski definition) is 3. The van der Waals surface area contributed by atoms with Crippen LogP contribution in [0.15, 0.2) is 41.0 Å². The molecule has 1 aromatic heterocycles. The average molecular weight is 322 g/mol. The fourth-order valence-corrected chi connectivity index (χ4v) is 1.68. The van der Waals surface area contributed by atoms with Gasteiger partial charge in [-0.1, -0.05) is 17.7 Å². The number of amides is 3. The quantitative estimate of drug-likeness (QED) is 0.578. The molecule has 2 rings (SSSR count). The lowest BCUT2D eigenvalue weighted by molar-refractivity contribution is -0.136. The predicted octanol–water partition coefficient (Wildman–Crippen LogP) is 1.64. The van der Waals surface area contributed by atoms with Gasteiger partial charge < -0.3 is 9.73 Å². The van der Waals surface area contributed by atoms with Crippen LogP contribution in [0.1, 0.15) is 16.1 Å². The van der Waals surface area contributed by atoms with Gasteiger partial charge in [0.25, 0.3) is 0 Å². The number of aryl methyl sites for hydroxylation is 1. The summed E-state index contributed by atoms with van der Waals surface area (Å²) in [7, 11) is 0. The largest absolute Gasteiger partial charge is 0.459 e. The number of hydrazine groups is 1. The number of anilines is 1. The number of carbonyl (C=O) groups is 3. The summed E-state index contributed by atoms with van der Waals surface area (Å²) in [4.78, 5) is 34.7. The van der Waals surface area contributed by atoms with Gasteiger partial charge in [0.05, 0.1) is 6.26 Å². The van der Waals surface area contributed by atoms with Crippen LogP contribution >= 0.6 is 11.6 Å². The van der Waals surface area contributed by atoms with Crippen molar-refractivity contribution in [1.82, 2.24) is 10.9 Å². The minimum Gasteiger partial charge on any atom is -0.459 e. The first kappa shape index (κ1) is 15.6. The van der Waals surface area contributed by atoms with Crippen molar-refractivity contribution in [2.24, 2.45) is 0 Å². The van der Waals surface area contributed by atoms with E-state index in [4.69, 9.17) is 16.0 Å². The summed E-state index contributed by atoms with van der Waals surface area (Å²) in [6.07, 6.45) is 1.31. The van der Waals surface area contributed by atoms with Gasteiger partial charge in [0, 0.05) is 10.7 Å². The maximum Gasteiger partial charge on any atom is 0.328 e. The van der Waals surface area contributed by atoms with Crippen molar-refractivity contribution in [3.8, 4) is 0 Å². The zero-order chi connectivity index (χ0) is 16.1. The molecule has 1 aromatic carbocycles. The van der Waals surface area contributed by atoms with Crippen molar-refractivity contribution < 1.29 is 18.8 Å². The molecule has 2 aromatic rings. The molecule has 0 saturated heterocycles. The van der Waals surface area contributed by atoms with Gasteiger partial charge in [0.15, 0.2) is 5.76 Å². The summed E-state index contributed by atoms with van der Waals surface area (Å²) in [5, 5.41) is 2.82. The third-order valence-electron chi connectivity index (χ3n) is 2.67. The van der Waals surface area contributed by atoms with E-state index in [0.29, 0.717) is 10.7 Å². The van der Waals surface area contributed by atoms with E-state index in [0.717, 1.165) is 5.56 Å². The zero-order valence-electron chi connectivity index (χ0n) is 11.5. The Morgan fingerprint density at radius 1 is 1.09 bits per heavy atom. The highest BCUT2D eigenvalue weighted by Gasteiger charge is 2.16. The topological polar surface area (TPSA) is 100 Å². The van der Waals surface area contributed by atoms with E-state index in [1.54, 1.807) is 12.1 Å². The zero-order valence-corrected chi connectivity index (χ0v) is 12.2. The third-order valence-corrected chi connectivity index (χ3v) is 3.08. The summed E-state index contributed by atoms with van der Waals surface area (Å²) in [5.74, 6) is -2.65. The van der Waals surface area contributed by atoms with E-state index >= 15 is 0 Å². The number of benzene rings is 1. The SMILES string of the molecule is Cc1ccc(NC(=O)C(=O)NNC(=O)c2ccco2)cc1Cl. The minimum atomic E-state index is -1.03. The molecule has 1 heterocycles. The van der Waals surface area contributed by atoms with Crippen molar-refractivity contribution in [3.05, 3.63) is 52.9 Å². The number of carbonyl (C=O) groups excluding carboxylic acids is 3. The maximum atomic E-state index is 11.7. The summed E-state index contributed by atoms with van der Waals surface area (Å²) in [5.41, 5.74) is 5.24. The van der Waals surface area contributed by atoms with E-state index < -0.39 is 17.7 Å². The Hall–Kier alpha value is -2.80. The summed E-state index contributed by atoms with van der Waals surface area (Å²) in [6, 6.07) is 7.76. The highest BCUT2D eigenvalue weighted by atomic mass is 35.5. The highest BCUT2D eigenvalue weighted by molar-refractivity contribution is 6.40. The van der Waals surface area contributed by atoms with Crippen LogP contribution in [-0.2, 0) is 9.59 Å². The lowest BCUT2D eigenvalue weighted by Gasteiger charge is -2.08. The normalized spacial score (nSPS) is 9.91. The number of halogens is 1. The van der Waals surface area contributed by atoms with Gasteiger partial charge in [0.1, 0.15) is 0 Å². The molecule has 0 bridgehead atoms. The molecule has 0 saturated carbocycles. The first-order chi connectivity index (χ1) is 10.5. The summed E-state index contributed by atoms with van der Waals surface area (Å²) >= 11 is 5.92. The van der Waals surface area contributed by atoms with Gasteiger partial charge in [-0.3, -0.25) is 25.2 Å². The summed E-state index contributed by atoms with van der Waals surface area (Å²) in [6.45, 7) is 1.81. The van der Waals surface area contributed by atoms with Gasteiger partial charge in [-0.25, -0.2) is 0 Å². The Labute approximate surface area is 130 Å². The fraction of sp³-hybridized carbons (Fsp3) is 0.0714. The molecule has 114 valence electrons. The van der Waals surface area contributed by atoms with E-state index in [1.165, 1.54) is 24.5 Å². The Balaban J connectivity index is 1.88. The van der Waals surface area contributed by atoms with Crippen molar-refractivity contribution >= 4 is 35.0 Å². The fourth-order valence-electron chi connectivity index (χ4n) is 1.50. The number of furan rings is 1. The molecule has 0 aliphatic heterocycles. The molecular formula is C14H12ClN3O4. The maximum absolute atomic E-state index is 11.7. The molecule has 0 radical (unpaired) electrons. The van der Waals surface area contributed by atoms with Crippen LogP contribution < -0.4 is 16.2 Å². The molecule has 8 heteroatoms. The molecule has 22 heavy (non-hydrogen) atoms. The molecule has 0 aliphatic carbocycles. The van der Waals surface area contributed by atoms with E-state index in [1.807, 2.05) is 12.3 Å². The van der Waals surface area contributed by atoms with Crippen LogP contribution in [0.4, 0.5) is 5.69 Å². The molecule has 3 amide bonds. The molecule has 0 aliphatic rings. The van der Waals surface area contributed by atoms with E-state index in [-0.39, 0.29) is 5.76 Å². The number of hydrogen-bond acceptors (Lipinski definition) is 4. The van der Waals surface area contributed by atoms with Crippen LogP contribution in [0.2, 0.25) is 5.02 Å². The lowest BCUT2D eigenvalue weighted by atomic mass is 10.2. The molecular weight excluding hydrogens is 310 g/mol. The second kappa shape index (κ2) is 6.77. The Bertz CT molecular complexity index is 713. The van der Waals surface area contributed by atoms with Gasteiger partial charge in [-0.05, 0) is 36.8 Å². The summed E-state index contributed by atoms with van der Waals surface area (Å²) < 4.78 is 4.83. The lowest BCUT2D eigenvalue weighted by Crippen LogP contribution is -2.46. The Kier molecular flexibility index (Phi) is 4.80. The monoisotopic (exact) mass is 321 g/mol. The number of rotatable bonds is 2. The second-order valence-electron chi connectivity index (χ2n) is 4.30. The van der Waals surface area contributed by atoms with Gasteiger partial charge >= 0.3 is 17.7 Å². The molecule has 0 unspecified atom stereocenters. The second-order valence-corrected chi connectivity index (χ2v) is 4.71. The number of nitrogens with one attached hydrogen (secondary N) is 3. The molecule has 7 nitrogen and oxygen atoms in total. The third kappa shape index (κ3) is 3.86. The van der Waals surface area contributed by atoms with Crippen molar-refractivity contribution in [2.45, 2.75) is 6.92 Å². The van der Waals surface area contributed by atoms with Crippen molar-refractivity contribution in [2.75, 3.05) is 5.32 Å². The highest BCUT2D eigenvalue weighted by Crippen LogP contribution is 2.19. The van der Waals surface area contributed by atoms with Gasteiger partial charge in [0.2, 0.25) is 0 Å². The molecule has 0 spiro atoms. The van der Waals surface area contributed by atoms with Crippen LogP contribution in [0.25, 0.3) is 0 Å². The van der Waals surface area contributed by atoms with Crippen molar-refractivity contribution in [1.29, 1.82) is 0 Å². The van der Waals surface area contributed by atoms with E-state index in [9.17, 15) is 14.4 Å². The standard InChI is InChI=1S/C14H12ClN3O4/c1-8-4-5-9(7-10(8)15)16-13(20)14(21)18-17-12(19)11-3-2-6-22-11/h2-7H,1H3,(H,16,20)(H,17,19)(H,18,21). The molecule has 0 atom stereocenters. The Morgan fingerprint density at radius 2 is 1.86 bits per heavy atom. The first-order valence-electron chi connectivity index (χ1n) is 6.18. The van der Waals surface area contributed by atoms with Gasteiger partial charge in [-0.15, -0.1) is 0 Å². The molecule has 0 fully saturated rings. The van der Waals surface area contributed by atoms with Crippen LogP contribution in [0.5, 0.6) is 0 Å². The van der Waals surface area contributed by atoms with Crippen LogP contribution in [0, 0.1) is 6.92 Å². The predicted molar refractivity (Wildman–Crippen MR) is 79.1 cm³/mol. The average Bonchev–Trinajstić information content (AvgIpc) is 3.02. The minimum absolute atomic E-state index is 0.00558. The van der Waals surface area contributed by atoms with Crippen molar-refractivity contribution in [3.63, 3.8) is 0 Å². The first-order valence-corrected chi connectivity index (χ1v) is 6.56. The smallest absolute Gasteiger partial charge is 0.328 e. The Morgan fingerprint density at radius 3 is 2.50 bits per heavy atom. The molecule has 3 N–H and O–H groups in total. The van der Waals surface area contributed by atoms with Crippen LogP contribution in [-0.4, -0.2) is 17.7 Å². The van der Waals surface area contributed by atoms with Gasteiger partial charge in [-0.2, -0.15) is 0 Å².